The lowest BCUT2D eigenvalue weighted by molar-refractivity contribution is -0.118. The molecule has 154 valence electrons. The molecule has 6 heteroatoms. The van der Waals surface area contributed by atoms with Gasteiger partial charge in [0.15, 0.2) is 5.13 Å². The normalized spacial score (nSPS) is 11.2. The summed E-state index contributed by atoms with van der Waals surface area (Å²) in [6, 6.07) is 14.3. The second-order valence-electron chi connectivity index (χ2n) is 7.84. The van der Waals surface area contributed by atoms with Crippen LogP contribution in [0.4, 0.5) is 5.13 Å². The molecule has 0 fully saturated rings. The number of aromatic nitrogens is 3. The van der Waals surface area contributed by atoms with Gasteiger partial charge in [0.2, 0.25) is 5.91 Å². The van der Waals surface area contributed by atoms with Crippen molar-refractivity contribution in [2.24, 2.45) is 7.05 Å². The molecule has 0 radical (unpaired) electrons. The van der Waals surface area contributed by atoms with Crippen LogP contribution >= 0.6 is 11.3 Å². The van der Waals surface area contributed by atoms with Gasteiger partial charge in [0.1, 0.15) is 0 Å². The fourth-order valence-electron chi connectivity index (χ4n) is 3.83. The average molecular weight is 419 g/mol. The minimum Gasteiger partial charge on any atom is -0.283 e. The second kappa shape index (κ2) is 8.03. The molecule has 2 heterocycles. The molecule has 0 unspecified atom stereocenters. The summed E-state index contributed by atoms with van der Waals surface area (Å²) >= 11 is 1.59. The van der Waals surface area contributed by atoms with Gasteiger partial charge < -0.3 is 0 Å². The fraction of sp³-hybridized carbons (Fsp3) is 0.292. The minimum absolute atomic E-state index is 0.0338. The number of benzene rings is 2. The number of hydrogen-bond acceptors (Lipinski definition) is 4. The highest BCUT2D eigenvalue weighted by atomic mass is 32.1. The Balaban J connectivity index is 1.74. The van der Waals surface area contributed by atoms with E-state index < -0.39 is 0 Å². The summed E-state index contributed by atoms with van der Waals surface area (Å²) in [6.45, 7) is 8.64. The maximum atomic E-state index is 13.5. The summed E-state index contributed by atoms with van der Waals surface area (Å²) in [4.78, 5) is 20.2. The van der Waals surface area contributed by atoms with Gasteiger partial charge in [-0.2, -0.15) is 5.10 Å². The Kier molecular flexibility index (Phi) is 5.43. The number of rotatable bonds is 5. The zero-order chi connectivity index (χ0) is 21.4. The van der Waals surface area contributed by atoms with E-state index in [1.807, 2.05) is 60.8 Å². The predicted octanol–water partition coefficient (Wildman–Crippen LogP) is 5.04. The van der Waals surface area contributed by atoms with Gasteiger partial charge in [-0.15, -0.1) is 0 Å². The van der Waals surface area contributed by atoms with Crippen molar-refractivity contribution < 1.29 is 4.79 Å². The van der Waals surface area contributed by atoms with E-state index >= 15 is 0 Å². The maximum Gasteiger partial charge on any atom is 0.233 e. The van der Waals surface area contributed by atoms with E-state index in [4.69, 9.17) is 4.98 Å². The first-order valence-electron chi connectivity index (χ1n) is 10.0. The van der Waals surface area contributed by atoms with Crippen LogP contribution in [0.25, 0.3) is 10.2 Å². The summed E-state index contributed by atoms with van der Waals surface area (Å²) in [5.74, 6) is 0.0338. The summed E-state index contributed by atoms with van der Waals surface area (Å²) < 4.78 is 2.97. The molecule has 30 heavy (non-hydrogen) atoms. The van der Waals surface area contributed by atoms with E-state index in [1.54, 1.807) is 11.3 Å². The van der Waals surface area contributed by atoms with Crippen LogP contribution < -0.4 is 4.90 Å². The molecule has 0 aliphatic carbocycles. The lowest BCUT2D eigenvalue weighted by atomic mass is 10.1. The third-order valence-electron chi connectivity index (χ3n) is 5.51. The van der Waals surface area contributed by atoms with Crippen molar-refractivity contribution in [2.75, 3.05) is 4.90 Å². The first kappa shape index (κ1) is 20.3. The Bertz CT molecular complexity index is 1220. The molecule has 1 amide bonds. The van der Waals surface area contributed by atoms with Crippen molar-refractivity contribution in [3.8, 4) is 0 Å². The van der Waals surface area contributed by atoms with Gasteiger partial charge in [-0.25, -0.2) is 4.98 Å². The van der Waals surface area contributed by atoms with E-state index in [1.165, 1.54) is 11.1 Å². The van der Waals surface area contributed by atoms with Crippen LogP contribution in [0.2, 0.25) is 0 Å². The quantitative estimate of drug-likeness (QED) is 0.456. The predicted molar refractivity (Wildman–Crippen MR) is 123 cm³/mol. The summed E-state index contributed by atoms with van der Waals surface area (Å²) in [7, 11) is 1.91. The van der Waals surface area contributed by atoms with Crippen molar-refractivity contribution >= 4 is 32.6 Å². The minimum atomic E-state index is 0.0338. The van der Waals surface area contributed by atoms with Crippen LogP contribution in [0.1, 0.15) is 33.6 Å². The van der Waals surface area contributed by atoms with Gasteiger partial charge >= 0.3 is 0 Å². The van der Waals surface area contributed by atoms with Gasteiger partial charge in [-0.05, 0) is 50.5 Å². The summed E-state index contributed by atoms with van der Waals surface area (Å²) in [6.07, 6.45) is 0.312. The molecule has 4 aromatic rings. The number of amides is 1. The summed E-state index contributed by atoms with van der Waals surface area (Å²) in [5.41, 5.74) is 7.33. The number of anilines is 1. The van der Waals surface area contributed by atoms with Crippen LogP contribution in [0.3, 0.4) is 0 Å². The lowest BCUT2D eigenvalue weighted by Gasteiger charge is -2.20. The van der Waals surface area contributed by atoms with E-state index in [0.717, 1.165) is 37.9 Å². The highest BCUT2D eigenvalue weighted by Crippen LogP contribution is 2.33. The molecule has 0 saturated heterocycles. The van der Waals surface area contributed by atoms with Crippen molar-refractivity contribution in [2.45, 2.75) is 40.7 Å². The van der Waals surface area contributed by atoms with Crippen molar-refractivity contribution in [3.63, 3.8) is 0 Å². The van der Waals surface area contributed by atoms with Crippen LogP contribution in [0.5, 0.6) is 0 Å². The fourth-order valence-corrected chi connectivity index (χ4v) is 4.86. The Morgan fingerprint density at radius 1 is 1.10 bits per heavy atom. The van der Waals surface area contributed by atoms with Crippen molar-refractivity contribution in [1.29, 1.82) is 0 Å². The van der Waals surface area contributed by atoms with Gasteiger partial charge in [-0.1, -0.05) is 47.7 Å². The third-order valence-corrected chi connectivity index (χ3v) is 6.74. The SMILES string of the molecule is Cc1cc(C)c2sc(N(Cc3ccccc3)C(=O)Cc3c(C)nn(C)c3C)nc2c1. The first-order chi connectivity index (χ1) is 14.3. The van der Waals surface area contributed by atoms with Gasteiger partial charge in [0, 0.05) is 18.3 Å². The Hall–Kier alpha value is -2.99. The van der Waals surface area contributed by atoms with Crippen LogP contribution in [0.15, 0.2) is 42.5 Å². The molecule has 0 aliphatic heterocycles. The molecule has 0 saturated carbocycles. The number of hydrogen-bond donors (Lipinski definition) is 0. The highest BCUT2D eigenvalue weighted by Gasteiger charge is 2.23. The Morgan fingerprint density at radius 3 is 2.50 bits per heavy atom. The Morgan fingerprint density at radius 2 is 1.83 bits per heavy atom. The molecule has 2 aromatic carbocycles. The number of carbonyl (C=O) groups is 1. The largest absolute Gasteiger partial charge is 0.283 e. The average Bonchev–Trinajstić information content (AvgIpc) is 3.23. The molecule has 4 rings (SSSR count). The smallest absolute Gasteiger partial charge is 0.233 e. The molecular formula is C24H26N4OS. The topological polar surface area (TPSA) is 51.0 Å². The first-order valence-corrected chi connectivity index (χ1v) is 10.9. The van der Waals surface area contributed by atoms with Crippen LogP contribution in [0, 0.1) is 27.7 Å². The van der Waals surface area contributed by atoms with Gasteiger partial charge in [0.05, 0.1) is 28.9 Å². The van der Waals surface area contributed by atoms with Crippen molar-refractivity contribution in [3.05, 3.63) is 76.1 Å². The number of nitrogens with zero attached hydrogens (tertiary/aromatic N) is 4. The van der Waals surface area contributed by atoms with E-state index in [-0.39, 0.29) is 5.91 Å². The Labute approximate surface area is 181 Å². The summed E-state index contributed by atoms with van der Waals surface area (Å²) in [5, 5.41) is 5.21. The molecule has 2 aromatic heterocycles. The maximum absolute atomic E-state index is 13.5. The molecule has 0 spiro atoms. The van der Waals surface area contributed by atoms with E-state index in [2.05, 4.69) is 31.1 Å². The molecule has 0 N–H and O–H groups in total. The highest BCUT2D eigenvalue weighted by molar-refractivity contribution is 7.22. The van der Waals surface area contributed by atoms with E-state index in [0.29, 0.717) is 13.0 Å². The molecule has 5 nitrogen and oxygen atoms in total. The van der Waals surface area contributed by atoms with E-state index in [9.17, 15) is 4.79 Å². The van der Waals surface area contributed by atoms with Crippen LogP contribution in [-0.2, 0) is 24.8 Å². The standard InChI is InChI=1S/C24H26N4OS/c1-15-11-16(2)23-21(12-15)25-24(30-23)28(14-19-9-7-6-8-10-19)22(29)13-20-17(3)26-27(5)18(20)4/h6-12H,13-14H2,1-5H3. The molecule has 0 bridgehead atoms. The number of fused-ring (bicyclic) bond motifs is 1. The van der Waals surface area contributed by atoms with Gasteiger partial charge in [-0.3, -0.25) is 14.4 Å². The zero-order valence-electron chi connectivity index (χ0n) is 18.1. The molecule has 0 aliphatic rings. The monoisotopic (exact) mass is 418 g/mol. The number of aryl methyl sites for hydroxylation is 4. The molecular weight excluding hydrogens is 392 g/mol. The zero-order valence-corrected chi connectivity index (χ0v) is 18.9. The number of carbonyl (C=O) groups excluding carboxylic acids is 1. The second-order valence-corrected chi connectivity index (χ2v) is 8.82. The third kappa shape index (κ3) is 3.87. The number of thiazole rings is 1. The molecule has 0 atom stereocenters. The van der Waals surface area contributed by atoms with Crippen molar-refractivity contribution in [1.82, 2.24) is 14.8 Å². The lowest BCUT2D eigenvalue weighted by Crippen LogP contribution is -2.32. The van der Waals surface area contributed by atoms with Crippen LogP contribution in [-0.4, -0.2) is 20.7 Å². The van der Waals surface area contributed by atoms with Gasteiger partial charge in [0.25, 0.3) is 0 Å².